The molecule has 1 aliphatic heterocycles. The number of methoxy groups -OCH3 is 1. The third-order valence-electron chi connectivity index (χ3n) is 5.71. The molecule has 1 amide bonds. The van der Waals surface area contributed by atoms with Crippen LogP contribution in [-0.2, 0) is 17.8 Å². The van der Waals surface area contributed by atoms with Gasteiger partial charge in [-0.25, -0.2) is 4.98 Å². The molecule has 10 heteroatoms. The highest BCUT2D eigenvalue weighted by molar-refractivity contribution is 8.26. The molecule has 182 valence electrons. The fourth-order valence-corrected chi connectivity index (χ4v) is 5.10. The molecule has 5 rings (SSSR count). The van der Waals surface area contributed by atoms with E-state index >= 15 is 0 Å². The number of furan rings is 1. The normalized spacial score (nSPS) is 14.7. The maximum atomic E-state index is 13.4. The van der Waals surface area contributed by atoms with E-state index in [9.17, 15) is 9.59 Å². The molecule has 1 saturated heterocycles. The summed E-state index contributed by atoms with van der Waals surface area (Å²) in [4.78, 5) is 33.2. The molecule has 1 aliphatic rings. The molecule has 1 fully saturated rings. The van der Waals surface area contributed by atoms with Crippen molar-refractivity contribution >= 4 is 51.7 Å². The van der Waals surface area contributed by atoms with E-state index in [2.05, 4.69) is 10.3 Å². The predicted octanol–water partition coefficient (Wildman–Crippen LogP) is 4.35. The van der Waals surface area contributed by atoms with Crippen LogP contribution in [0.2, 0.25) is 0 Å². The van der Waals surface area contributed by atoms with Gasteiger partial charge < -0.3 is 14.5 Å². The minimum absolute atomic E-state index is 0.229. The van der Waals surface area contributed by atoms with Gasteiger partial charge in [-0.05, 0) is 54.5 Å². The molecule has 0 radical (unpaired) electrons. The number of anilines is 1. The summed E-state index contributed by atoms with van der Waals surface area (Å²) in [7, 11) is 1.62. The van der Waals surface area contributed by atoms with Crippen molar-refractivity contribution in [2.24, 2.45) is 0 Å². The zero-order chi connectivity index (χ0) is 25.1. The molecule has 0 spiro atoms. The number of fused-ring (bicyclic) bond motifs is 1. The Morgan fingerprint density at radius 1 is 1.14 bits per heavy atom. The first kappa shape index (κ1) is 23.8. The lowest BCUT2D eigenvalue weighted by atomic mass is 10.1. The standard InChI is InChI=1S/C26H22N4O4S2/c1-33-18-9-7-17(8-10-18)11-13-30-25(32)21(36-26(30)35)15-20-23(27-16-19-5-4-14-34-19)28-22-6-2-3-12-29(22)24(20)31/h2-10,12,14-15,27H,11,13,16H2,1H3. The van der Waals surface area contributed by atoms with Crippen LogP contribution in [0.4, 0.5) is 5.82 Å². The van der Waals surface area contributed by atoms with Crippen molar-refractivity contribution in [1.82, 2.24) is 14.3 Å². The van der Waals surface area contributed by atoms with Crippen molar-refractivity contribution in [3.05, 3.63) is 99.2 Å². The summed E-state index contributed by atoms with van der Waals surface area (Å²) in [5.74, 6) is 1.61. The SMILES string of the molecule is COc1ccc(CCN2C(=O)C(=Cc3c(NCc4ccco4)nc4ccccn4c3=O)SC2=S)cc1. The van der Waals surface area contributed by atoms with Crippen LogP contribution < -0.4 is 15.6 Å². The third-order valence-corrected chi connectivity index (χ3v) is 7.09. The highest BCUT2D eigenvalue weighted by atomic mass is 32.2. The Labute approximate surface area is 216 Å². The van der Waals surface area contributed by atoms with E-state index in [1.165, 1.54) is 16.2 Å². The molecule has 0 bridgehead atoms. The number of carbonyl (C=O) groups is 1. The number of benzene rings is 1. The summed E-state index contributed by atoms with van der Waals surface area (Å²) in [5.41, 5.74) is 1.55. The number of hydrogen-bond donors (Lipinski definition) is 1. The average Bonchev–Trinajstić information content (AvgIpc) is 3.51. The van der Waals surface area contributed by atoms with Crippen molar-refractivity contribution in [3.8, 4) is 5.75 Å². The molecule has 36 heavy (non-hydrogen) atoms. The first-order valence-corrected chi connectivity index (χ1v) is 12.4. The second-order valence-electron chi connectivity index (χ2n) is 7.97. The average molecular weight is 519 g/mol. The Morgan fingerprint density at radius 2 is 1.97 bits per heavy atom. The number of nitrogens with one attached hydrogen (secondary N) is 1. The molecule has 0 atom stereocenters. The van der Waals surface area contributed by atoms with Gasteiger partial charge in [0.2, 0.25) is 0 Å². The number of pyridine rings is 1. The van der Waals surface area contributed by atoms with Crippen LogP contribution in [0, 0.1) is 0 Å². The smallest absolute Gasteiger partial charge is 0.267 e. The Hall–Kier alpha value is -3.89. The summed E-state index contributed by atoms with van der Waals surface area (Å²) >= 11 is 6.68. The molecule has 4 heterocycles. The van der Waals surface area contributed by atoms with Crippen LogP contribution in [0.3, 0.4) is 0 Å². The van der Waals surface area contributed by atoms with Crippen molar-refractivity contribution in [2.75, 3.05) is 19.0 Å². The zero-order valence-electron chi connectivity index (χ0n) is 19.3. The molecular formula is C26H22N4O4S2. The molecule has 0 aliphatic carbocycles. The van der Waals surface area contributed by atoms with E-state index in [-0.39, 0.29) is 17.0 Å². The molecule has 4 aromatic rings. The maximum Gasteiger partial charge on any atom is 0.267 e. The highest BCUT2D eigenvalue weighted by Crippen LogP contribution is 2.33. The molecule has 8 nitrogen and oxygen atoms in total. The molecule has 0 saturated carbocycles. The van der Waals surface area contributed by atoms with E-state index < -0.39 is 0 Å². The number of aromatic nitrogens is 2. The predicted molar refractivity (Wildman–Crippen MR) is 144 cm³/mol. The number of carbonyl (C=O) groups excluding carboxylic acids is 1. The maximum absolute atomic E-state index is 13.4. The van der Waals surface area contributed by atoms with Gasteiger partial charge in [-0.3, -0.25) is 18.9 Å². The summed E-state index contributed by atoms with van der Waals surface area (Å²) in [5, 5.41) is 3.18. The monoisotopic (exact) mass is 518 g/mol. The lowest BCUT2D eigenvalue weighted by Gasteiger charge is -2.14. The summed E-state index contributed by atoms with van der Waals surface area (Å²) in [6.45, 7) is 0.777. The fourth-order valence-electron chi connectivity index (χ4n) is 3.81. The number of hydrogen-bond acceptors (Lipinski definition) is 8. The van der Waals surface area contributed by atoms with Gasteiger partial charge in [0.15, 0.2) is 0 Å². The van der Waals surface area contributed by atoms with Crippen molar-refractivity contribution in [1.29, 1.82) is 0 Å². The number of thiocarbonyl (C=S) groups is 1. The summed E-state index contributed by atoms with van der Waals surface area (Å²) in [6.07, 6.45) is 5.45. The number of thioether (sulfide) groups is 1. The second-order valence-corrected chi connectivity index (χ2v) is 9.65. The van der Waals surface area contributed by atoms with Gasteiger partial charge in [-0.1, -0.05) is 42.2 Å². The van der Waals surface area contributed by atoms with Gasteiger partial charge in [0, 0.05) is 12.7 Å². The van der Waals surface area contributed by atoms with Crippen LogP contribution >= 0.6 is 24.0 Å². The van der Waals surface area contributed by atoms with Crippen molar-refractivity contribution < 1.29 is 13.9 Å². The number of nitrogens with zero attached hydrogens (tertiary/aromatic N) is 3. The molecule has 1 N–H and O–H groups in total. The van der Waals surface area contributed by atoms with Gasteiger partial charge in [0.1, 0.15) is 27.3 Å². The Kier molecular flexibility index (Phi) is 6.88. The number of rotatable bonds is 8. The first-order chi connectivity index (χ1) is 17.5. The van der Waals surface area contributed by atoms with E-state index in [1.807, 2.05) is 36.4 Å². The summed E-state index contributed by atoms with van der Waals surface area (Å²) in [6, 6.07) is 16.6. The van der Waals surface area contributed by atoms with E-state index in [4.69, 9.17) is 21.4 Å². The Morgan fingerprint density at radius 3 is 2.72 bits per heavy atom. The van der Waals surface area contributed by atoms with Crippen molar-refractivity contribution in [2.45, 2.75) is 13.0 Å². The second kappa shape index (κ2) is 10.4. The lowest BCUT2D eigenvalue weighted by molar-refractivity contribution is -0.122. The summed E-state index contributed by atoms with van der Waals surface area (Å²) < 4.78 is 12.5. The van der Waals surface area contributed by atoms with E-state index in [0.29, 0.717) is 46.0 Å². The third kappa shape index (κ3) is 4.91. The van der Waals surface area contributed by atoms with Crippen LogP contribution in [0.25, 0.3) is 11.7 Å². The van der Waals surface area contributed by atoms with Crippen LogP contribution in [0.15, 0.2) is 81.2 Å². The topological polar surface area (TPSA) is 89.1 Å². The quantitative estimate of drug-likeness (QED) is 0.272. The minimum Gasteiger partial charge on any atom is -0.497 e. The van der Waals surface area contributed by atoms with Gasteiger partial charge in [0.05, 0.1) is 30.4 Å². The largest absolute Gasteiger partial charge is 0.497 e. The van der Waals surface area contributed by atoms with Gasteiger partial charge in [-0.2, -0.15) is 0 Å². The zero-order valence-corrected chi connectivity index (χ0v) is 21.0. The van der Waals surface area contributed by atoms with Crippen LogP contribution in [0.1, 0.15) is 16.9 Å². The van der Waals surface area contributed by atoms with Gasteiger partial charge in [-0.15, -0.1) is 0 Å². The Balaban J connectivity index is 1.42. The lowest BCUT2D eigenvalue weighted by Crippen LogP contribution is -2.30. The van der Waals surface area contributed by atoms with Gasteiger partial charge >= 0.3 is 0 Å². The fraction of sp³-hybridized carbons (Fsp3) is 0.154. The minimum atomic E-state index is -0.286. The Bertz CT molecular complexity index is 1510. The van der Waals surface area contributed by atoms with Crippen LogP contribution in [0.5, 0.6) is 5.75 Å². The molecular weight excluding hydrogens is 496 g/mol. The van der Waals surface area contributed by atoms with Crippen LogP contribution in [-0.4, -0.2) is 38.2 Å². The number of amides is 1. The van der Waals surface area contributed by atoms with E-state index in [0.717, 1.165) is 11.3 Å². The number of ether oxygens (including phenoxy) is 1. The molecule has 1 aromatic carbocycles. The van der Waals surface area contributed by atoms with Crippen molar-refractivity contribution in [3.63, 3.8) is 0 Å². The van der Waals surface area contributed by atoms with Gasteiger partial charge in [0.25, 0.3) is 11.5 Å². The highest BCUT2D eigenvalue weighted by Gasteiger charge is 2.32. The van der Waals surface area contributed by atoms with E-state index in [1.54, 1.807) is 48.7 Å². The molecule has 3 aromatic heterocycles. The first-order valence-electron chi connectivity index (χ1n) is 11.2. The molecule has 0 unspecified atom stereocenters.